The summed E-state index contributed by atoms with van der Waals surface area (Å²) in [6.45, 7) is 0. The minimum absolute atomic E-state index is 0.166. The Morgan fingerprint density at radius 2 is 1.47 bits per heavy atom. The molecule has 0 radical (unpaired) electrons. The molecule has 0 heterocycles. The van der Waals surface area contributed by atoms with Crippen LogP contribution in [0.2, 0.25) is 0 Å². The van der Waals surface area contributed by atoms with Gasteiger partial charge in [-0.2, -0.15) is 0 Å². The molecule has 0 aromatic heterocycles. The first-order valence-corrected chi connectivity index (χ1v) is 5.55. The zero-order chi connectivity index (χ0) is 14.0. The number of benzene rings is 2. The highest BCUT2D eigenvalue weighted by Crippen LogP contribution is 2.24. The maximum Gasteiger partial charge on any atom is 0.161 e. The number of hydrogen-bond donors (Lipinski definition) is 1. The fraction of sp³-hybridized carbons (Fsp3) is 0.143. The van der Waals surface area contributed by atoms with E-state index >= 15 is 0 Å². The summed E-state index contributed by atoms with van der Waals surface area (Å²) in [4.78, 5) is 0. The van der Waals surface area contributed by atoms with E-state index < -0.39 is 34.9 Å². The summed E-state index contributed by atoms with van der Waals surface area (Å²) >= 11 is 0. The first-order chi connectivity index (χ1) is 8.99. The van der Waals surface area contributed by atoms with Gasteiger partial charge in [-0.1, -0.05) is 18.2 Å². The minimum Gasteiger partial charge on any atom is -0.388 e. The predicted octanol–water partition coefficient (Wildman–Crippen LogP) is 3.52. The molecule has 2 rings (SSSR count). The summed E-state index contributed by atoms with van der Waals surface area (Å²) in [6.07, 6.45) is -1.68. The van der Waals surface area contributed by atoms with Crippen molar-refractivity contribution >= 4 is 0 Å². The Morgan fingerprint density at radius 1 is 0.842 bits per heavy atom. The van der Waals surface area contributed by atoms with E-state index in [1.54, 1.807) is 6.07 Å². The summed E-state index contributed by atoms with van der Waals surface area (Å²) in [7, 11) is 0. The minimum atomic E-state index is -1.45. The van der Waals surface area contributed by atoms with Crippen LogP contribution in [0.1, 0.15) is 17.2 Å². The highest BCUT2D eigenvalue weighted by Gasteiger charge is 2.18. The van der Waals surface area contributed by atoms with Gasteiger partial charge in [-0.3, -0.25) is 0 Å². The molecular formula is C14H10F4O. The van der Waals surface area contributed by atoms with Crippen LogP contribution in [0.5, 0.6) is 0 Å². The van der Waals surface area contributed by atoms with Crippen molar-refractivity contribution in [3.63, 3.8) is 0 Å². The molecule has 2 aromatic carbocycles. The van der Waals surface area contributed by atoms with E-state index in [1.165, 1.54) is 18.2 Å². The average Bonchev–Trinajstić information content (AvgIpc) is 2.36. The third-order valence-electron chi connectivity index (χ3n) is 2.77. The Balaban J connectivity index is 2.28. The van der Waals surface area contributed by atoms with E-state index in [-0.39, 0.29) is 12.0 Å². The van der Waals surface area contributed by atoms with Crippen molar-refractivity contribution in [3.05, 3.63) is 70.8 Å². The molecule has 0 aliphatic carbocycles. The molecule has 0 saturated carbocycles. The standard InChI is InChI=1S/C14H10F4O/c15-10-4-2-1-3-8(10)5-14(19)9-6-12(17)13(18)7-11(9)16/h1-4,6-7,14,19H,5H2. The number of aliphatic hydroxyl groups is 1. The van der Waals surface area contributed by atoms with Crippen LogP contribution in [0, 0.1) is 23.3 Å². The maximum absolute atomic E-state index is 13.4. The third kappa shape index (κ3) is 2.93. The molecule has 1 atom stereocenters. The number of hydrogen-bond acceptors (Lipinski definition) is 1. The Hall–Kier alpha value is -1.88. The molecule has 0 bridgehead atoms. The second-order valence-corrected chi connectivity index (χ2v) is 4.10. The van der Waals surface area contributed by atoms with Gasteiger partial charge < -0.3 is 5.11 Å². The van der Waals surface area contributed by atoms with Crippen LogP contribution in [0.15, 0.2) is 36.4 Å². The van der Waals surface area contributed by atoms with Crippen molar-refractivity contribution in [1.29, 1.82) is 0 Å². The largest absolute Gasteiger partial charge is 0.388 e. The summed E-state index contributed by atoms with van der Waals surface area (Å²) in [5.41, 5.74) is -0.235. The zero-order valence-electron chi connectivity index (χ0n) is 9.71. The lowest BCUT2D eigenvalue weighted by atomic mass is 10.0. The topological polar surface area (TPSA) is 20.2 Å². The molecule has 2 aromatic rings. The van der Waals surface area contributed by atoms with Gasteiger partial charge in [-0.15, -0.1) is 0 Å². The van der Waals surface area contributed by atoms with Gasteiger partial charge in [-0.25, -0.2) is 17.6 Å². The zero-order valence-corrected chi connectivity index (χ0v) is 9.71. The van der Waals surface area contributed by atoms with Crippen molar-refractivity contribution < 1.29 is 22.7 Å². The van der Waals surface area contributed by atoms with Gasteiger partial charge in [0, 0.05) is 18.1 Å². The van der Waals surface area contributed by atoms with Crippen LogP contribution >= 0.6 is 0 Å². The predicted molar refractivity (Wildman–Crippen MR) is 61.4 cm³/mol. The van der Waals surface area contributed by atoms with Crippen molar-refractivity contribution in [2.24, 2.45) is 0 Å². The monoisotopic (exact) mass is 270 g/mol. The highest BCUT2D eigenvalue weighted by molar-refractivity contribution is 5.25. The second-order valence-electron chi connectivity index (χ2n) is 4.10. The first-order valence-electron chi connectivity index (χ1n) is 5.55. The number of halogens is 4. The van der Waals surface area contributed by atoms with Gasteiger partial charge in [0.25, 0.3) is 0 Å². The van der Waals surface area contributed by atoms with Crippen molar-refractivity contribution in [2.75, 3.05) is 0 Å². The molecule has 0 aliphatic rings. The average molecular weight is 270 g/mol. The molecule has 0 fully saturated rings. The Bertz CT molecular complexity index is 598. The van der Waals surface area contributed by atoms with E-state index in [2.05, 4.69) is 0 Å². The maximum atomic E-state index is 13.4. The molecule has 100 valence electrons. The molecule has 0 amide bonds. The van der Waals surface area contributed by atoms with Crippen molar-refractivity contribution in [2.45, 2.75) is 12.5 Å². The molecule has 1 nitrogen and oxygen atoms in total. The van der Waals surface area contributed by atoms with Gasteiger partial charge in [0.1, 0.15) is 11.6 Å². The molecule has 0 saturated heterocycles. The molecule has 0 spiro atoms. The van der Waals surface area contributed by atoms with Crippen LogP contribution in [-0.4, -0.2) is 5.11 Å². The van der Waals surface area contributed by atoms with Crippen LogP contribution in [-0.2, 0) is 6.42 Å². The van der Waals surface area contributed by atoms with E-state index in [0.717, 1.165) is 0 Å². The SMILES string of the molecule is OC(Cc1ccccc1F)c1cc(F)c(F)cc1F. The molecular weight excluding hydrogens is 260 g/mol. The summed E-state index contributed by atoms with van der Waals surface area (Å²) < 4.78 is 52.6. The smallest absolute Gasteiger partial charge is 0.161 e. The Kier molecular flexibility index (Phi) is 3.85. The van der Waals surface area contributed by atoms with Gasteiger partial charge in [0.05, 0.1) is 6.10 Å². The van der Waals surface area contributed by atoms with Gasteiger partial charge >= 0.3 is 0 Å². The molecule has 1 unspecified atom stereocenters. The van der Waals surface area contributed by atoms with E-state index in [1.807, 2.05) is 0 Å². The molecule has 5 heteroatoms. The third-order valence-corrected chi connectivity index (χ3v) is 2.77. The normalized spacial score (nSPS) is 12.5. The summed E-state index contributed by atoms with van der Waals surface area (Å²) in [6, 6.07) is 6.60. The lowest BCUT2D eigenvalue weighted by Gasteiger charge is -2.13. The number of rotatable bonds is 3. The van der Waals surface area contributed by atoms with Crippen LogP contribution in [0.3, 0.4) is 0 Å². The van der Waals surface area contributed by atoms with E-state index in [9.17, 15) is 22.7 Å². The van der Waals surface area contributed by atoms with Crippen LogP contribution < -0.4 is 0 Å². The highest BCUT2D eigenvalue weighted by atomic mass is 19.2. The molecule has 0 aliphatic heterocycles. The van der Waals surface area contributed by atoms with E-state index in [0.29, 0.717) is 12.1 Å². The first kappa shape index (κ1) is 13.5. The summed E-state index contributed by atoms with van der Waals surface area (Å²) in [5, 5.41) is 9.80. The van der Waals surface area contributed by atoms with Crippen molar-refractivity contribution in [3.8, 4) is 0 Å². The number of aliphatic hydroxyl groups excluding tert-OH is 1. The fourth-order valence-corrected chi connectivity index (χ4v) is 1.78. The van der Waals surface area contributed by atoms with E-state index in [4.69, 9.17) is 0 Å². The Morgan fingerprint density at radius 3 is 2.16 bits per heavy atom. The van der Waals surface area contributed by atoms with Crippen LogP contribution in [0.25, 0.3) is 0 Å². The second kappa shape index (κ2) is 5.40. The van der Waals surface area contributed by atoms with Crippen LogP contribution in [0.4, 0.5) is 17.6 Å². The van der Waals surface area contributed by atoms with Gasteiger partial charge in [0.2, 0.25) is 0 Å². The Labute approximate surface area is 107 Å². The lowest BCUT2D eigenvalue weighted by molar-refractivity contribution is 0.171. The quantitative estimate of drug-likeness (QED) is 0.668. The summed E-state index contributed by atoms with van der Waals surface area (Å²) in [5.74, 6) is -4.21. The molecule has 19 heavy (non-hydrogen) atoms. The van der Waals surface area contributed by atoms with Gasteiger partial charge in [0.15, 0.2) is 11.6 Å². The van der Waals surface area contributed by atoms with Crippen molar-refractivity contribution in [1.82, 2.24) is 0 Å². The van der Waals surface area contributed by atoms with Gasteiger partial charge in [-0.05, 0) is 17.7 Å². The fourth-order valence-electron chi connectivity index (χ4n) is 1.78. The lowest BCUT2D eigenvalue weighted by Crippen LogP contribution is -2.07. The molecule has 1 N–H and O–H groups in total.